The molecular weight excluding hydrogens is 193 g/mol. The van der Waals surface area contributed by atoms with E-state index in [4.69, 9.17) is 0 Å². The highest BCUT2D eigenvalue weighted by Gasteiger charge is 2.61. The first kappa shape index (κ1) is 8.89. The molecule has 1 N–H and O–H groups in total. The molecule has 15 heavy (non-hydrogen) atoms. The predicted molar refractivity (Wildman–Crippen MR) is 53.7 cm³/mol. The molecule has 2 unspecified atom stereocenters. The van der Waals surface area contributed by atoms with E-state index in [-0.39, 0.29) is 23.1 Å². The highest BCUT2D eigenvalue weighted by molar-refractivity contribution is 5.85. The number of piperidine rings is 1. The van der Waals surface area contributed by atoms with Gasteiger partial charge in [0.05, 0.1) is 0 Å². The second-order valence-electron chi connectivity index (χ2n) is 4.64. The summed E-state index contributed by atoms with van der Waals surface area (Å²) in [6, 6.07) is 6.66. The number of rotatable bonds is 2. The van der Waals surface area contributed by atoms with Crippen LogP contribution in [0.2, 0.25) is 0 Å². The molecule has 1 aliphatic heterocycles. The van der Waals surface area contributed by atoms with Gasteiger partial charge in [-0.25, -0.2) is 4.39 Å². The van der Waals surface area contributed by atoms with Gasteiger partial charge in [-0.2, -0.15) is 0 Å². The molecule has 1 amide bonds. The number of hydrogen-bond donors (Lipinski definition) is 1. The first-order valence-corrected chi connectivity index (χ1v) is 5.22. The predicted octanol–water partition coefficient (Wildman–Crippen LogP) is 1.50. The van der Waals surface area contributed by atoms with E-state index in [0.29, 0.717) is 0 Å². The van der Waals surface area contributed by atoms with Gasteiger partial charge in [-0.1, -0.05) is 12.1 Å². The summed E-state index contributed by atoms with van der Waals surface area (Å²) in [5, 5.41) is 2.86. The number of amides is 1. The standard InChI is InChI=1S/C12H12FNO/c13-9-3-1-2-8(4-9)5-12-6-10(12)11(15)14-7-12/h1-4,10H,5-7H2,(H,14,15). The highest BCUT2D eigenvalue weighted by Crippen LogP contribution is 2.57. The molecule has 1 aromatic rings. The van der Waals surface area contributed by atoms with E-state index in [1.165, 1.54) is 6.07 Å². The van der Waals surface area contributed by atoms with Crippen molar-refractivity contribution in [1.82, 2.24) is 5.32 Å². The average molecular weight is 205 g/mol. The monoisotopic (exact) mass is 205 g/mol. The van der Waals surface area contributed by atoms with Gasteiger partial charge in [0, 0.05) is 17.9 Å². The maximum absolute atomic E-state index is 13.0. The first-order chi connectivity index (χ1) is 7.20. The molecule has 78 valence electrons. The van der Waals surface area contributed by atoms with Gasteiger partial charge >= 0.3 is 0 Å². The van der Waals surface area contributed by atoms with E-state index in [1.54, 1.807) is 12.1 Å². The summed E-state index contributed by atoms with van der Waals surface area (Å²) < 4.78 is 13.0. The Morgan fingerprint density at radius 3 is 3.00 bits per heavy atom. The Bertz CT molecular complexity index is 431. The minimum Gasteiger partial charge on any atom is -0.355 e. The molecule has 0 bridgehead atoms. The SMILES string of the molecule is O=C1NCC2(Cc3cccc(F)c3)CC12. The largest absolute Gasteiger partial charge is 0.355 e. The maximum atomic E-state index is 13.0. The quantitative estimate of drug-likeness (QED) is 0.779. The van der Waals surface area contributed by atoms with Crippen molar-refractivity contribution in [3.8, 4) is 0 Å². The zero-order chi connectivity index (χ0) is 10.5. The Morgan fingerprint density at radius 1 is 1.53 bits per heavy atom. The lowest BCUT2D eigenvalue weighted by Crippen LogP contribution is -2.21. The Labute approximate surface area is 87.5 Å². The molecule has 2 atom stereocenters. The van der Waals surface area contributed by atoms with Gasteiger partial charge in [0.2, 0.25) is 5.91 Å². The van der Waals surface area contributed by atoms with Crippen molar-refractivity contribution in [1.29, 1.82) is 0 Å². The van der Waals surface area contributed by atoms with Crippen molar-refractivity contribution in [2.24, 2.45) is 11.3 Å². The van der Waals surface area contributed by atoms with Gasteiger partial charge < -0.3 is 5.32 Å². The lowest BCUT2D eigenvalue weighted by Gasteiger charge is -2.10. The van der Waals surface area contributed by atoms with Crippen LogP contribution >= 0.6 is 0 Å². The van der Waals surface area contributed by atoms with Crippen molar-refractivity contribution < 1.29 is 9.18 Å². The zero-order valence-corrected chi connectivity index (χ0v) is 8.29. The van der Waals surface area contributed by atoms with E-state index >= 15 is 0 Å². The van der Waals surface area contributed by atoms with E-state index < -0.39 is 0 Å². The minimum atomic E-state index is -0.196. The van der Waals surface area contributed by atoms with Gasteiger partial charge in [-0.15, -0.1) is 0 Å². The molecule has 1 saturated carbocycles. The zero-order valence-electron chi connectivity index (χ0n) is 8.29. The Balaban J connectivity index is 1.80. The molecule has 1 aromatic carbocycles. The van der Waals surface area contributed by atoms with Crippen LogP contribution in [-0.4, -0.2) is 12.5 Å². The van der Waals surface area contributed by atoms with Crippen LogP contribution in [0.4, 0.5) is 4.39 Å². The van der Waals surface area contributed by atoms with E-state index in [9.17, 15) is 9.18 Å². The van der Waals surface area contributed by atoms with Crippen LogP contribution < -0.4 is 5.32 Å². The fourth-order valence-corrected chi connectivity index (χ4v) is 2.61. The van der Waals surface area contributed by atoms with Crippen LogP contribution in [0.15, 0.2) is 24.3 Å². The molecule has 0 spiro atoms. The van der Waals surface area contributed by atoms with Crippen LogP contribution in [0.3, 0.4) is 0 Å². The van der Waals surface area contributed by atoms with Crippen LogP contribution in [0, 0.1) is 17.2 Å². The number of fused-ring (bicyclic) bond motifs is 1. The third-order valence-electron chi connectivity index (χ3n) is 3.57. The lowest BCUT2D eigenvalue weighted by atomic mass is 9.96. The van der Waals surface area contributed by atoms with E-state index in [1.807, 2.05) is 6.07 Å². The number of nitrogens with one attached hydrogen (secondary N) is 1. The van der Waals surface area contributed by atoms with Gasteiger partial charge in [0.15, 0.2) is 0 Å². The number of benzene rings is 1. The third-order valence-corrected chi connectivity index (χ3v) is 3.57. The van der Waals surface area contributed by atoms with Gasteiger partial charge in [-0.3, -0.25) is 4.79 Å². The minimum absolute atomic E-state index is 0.102. The fourth-order valence-electron chi connectivity index (χ4n) is 2.61. The molecule has 2 nitrogen and oxygen atoms in total. The van der Waals surface area contributed by atoms with Crippen LogP contribution in [0.25, 0.3) is 0 Å². The Kier molecular flexibility index (Phi) is 1.67. The van der Waals surface area contributed by atoms with Crippen molar-refractivity contribution in [3.63, 3.8) is 0 Å². The summed E-state index contributed by atoms with van der Waals surface area (Å²) in [6.07, 6.45) is 1.78. The van der Waals surface area contributed by atoms with E-state index in [0.717, 1.165) is 24.9 Å². The second kappa shape index (κ2) is 2.81. The smallest absolute Gasteiger partial charge is 0.223 e. The highest BCUT2D eigenvalue weighted by atomic mass is 19.1. The fraction of sp³-hybridized carbons (Fsp3) is 0.417. The average Bonchev–Trinajstić information content (AvgIpc) is 2.82. The molecule has 0 radical (unpaired) electrons. The lowest BCUT2D eigenvalue weighted by molar-refractivity contribution is -0.120. The van der Waals surface area contributed by atoms with Gasteiger partial charge in [0.25, 0.3) is 0 Å². The van der Waals surface area contributed by atoms with Crippen LogP contribution in [0.1, 0.15) is 12.0 Å². The topological polar surface area (TPSA) is 29.1 Å². The van der Waals surface area contributed by atoms with Crippen LogP contribution in [0.5, 0.6) is 0 Å². The molecule has 3 heteroatoms. The first-order valence-electron chi connectivity index (χ1n) is 5.22. The molecule has 2 aliphatic rings. The molecule has 0 aromatic heterocycles. The van der Waals surface area contributed by atoms with Gasteiger partial charge in [-0.05, 0) is 30.5 Å². The summed E-state index contributed by atoms with van der Waals surface area (Å²) >= 11 is 0. The normalized spacial score (nSPS) is 32.3. The Morgan fingerprint density at radius 2 is 2.40 bits per heavy atom. The molecule has 2 fully saturated rings. The van der Waals surface area contributed by atoms with Crippen molar-refractivity contribution in [2.75, 3.05) is 6.54 Å². The Hall–Kier alpha value is -1.38. The maximum Gasteiger partial charge on any atom is 0.223 e. The second-order valence-corrected chi connectivity index (χ2v) is 4.64. The summed E-state index contributed by atoms with van der Waals surface area (Å²) in [7, 11) is 0. The summed E-state index contributed by atoms with van der Waals surface area (Å²) in [4.78, 5) is 11.3. The van der Waals surface area contributed by atoms with Gasteiger partial charge in [0.1, 0.15) is 5.82 Å². The van der Waals surface area contributed by atoms with Crippen molar-refractivity contribution in [2.45, 2.75) is 12.8 Å². The van der Waals surface area contributed by atoms with Crippen molar-refractivity contribution in [3.05, 3.63) is 35.6 Å². The van der Waals surface area contributed by atoms with Crippen LogP contribution in [-0.2, 0) is 11.2 Å². The number of halogens is 1. The molecule has 1 aliphatic carbocycles. The molecule has 3 rings (SSSR count). The molecular formula is C12H12FNO. The summed E-state index contributed by atoms with van der Waals surface area (Å²) in [5.41, 5.74) is 1.10. The van der Waals surface area contributed by atoms with E-state index in [2.05, 4.69) is 5.32 Å². The number of carbonyl (C=O) groups excluding carboxylic acids is 1. The molecule has 1 saturated heterocycles. The number of carbonyl (C=O) groups is 1. The molecule has 1 heterocycles. The van der Waals surface area contributed by atoms with Crippen molar-refractivity contribution >= 4 is 5.91 Å². The summed E-state index contributed by atoms with van der Waals surface area (Å²) in [6.45, 7) is 0.757. The number of hydrogen-bond acceptors (Lipinski definition) is 1. The third kappa shape index (κ3) is 1.34. The summed E-state index contributed by atoms with van der Waals surface area (Å²) in [5.74, 6) is 0.158.